The fraction of sp³-hybridized carbons (Fsp3) is 0.391. The molecule has 0 bridgehead atoms. The molecular formula is C23H25N3O2S. The second-order valence-corrected chi connectivity index (χ2v) is 9.12. The van der Waals surface area contributed by atoms with Gasteiger partial charge in [-0.05, 0) is 47.7 Å². The van der Waals surface area contributed by atoms with Crippen molar-refractivity contribution in [3.63, 3.8) is 0 Å². The molecule has 5 nitrogen and oxygen atoms in total. The van der Waals surface area contributed by atoms with Gasteiger partial charge in [0.1, 0.15) is 0 Å². The number of carbonyl (C=O) groups excluding carboxylic acids is 2. The summed E-state index contributed by atoms with van der Waals surface area (Å²) < 4.78 is 0. The smallest absolute Gasteiger partial charge is 0.224 e. The van der Waals surface area contributed by atoms with Crippen molar-refractivity contribution in [1.82, 2.24) is 4.90 Å². The molecule has 0 aromatic heterocycles. The van der Waals surface area contributed by atoms with E-state index in [1.54, 1.807) is 0 Å². The van der Waals surface area contributed by atoms with Gasteiger partial charge in [-0.3, -0.25) is 14.5 Å². The minimum atomic E-state index is 0.123. The molecule has 0 radical (unpaired) electrons. The predicted molar refractivity (Wildman–Crippen MR) is 117 cm³/mol. The number of nitrogens with one attached hydrogen (secondary N) is 1. The average molecular weight is 408 g/mol. The molecule has 5 rings (SSSR count). The van der Waals surface area contributed by atoms with Crippen LogP contribution in [0.1, 0.15) is 23.1 Å². The molecular weight excluding hydrogens is 382 g/mol. The lowest BCUT2D eigenvalue weighted by Crippen LogP contribution is -2.47. The van der Waals surface area contributed by atoms with E-state index in [-0.39, 0.29) is 11.0 Å². The van der Waals surface area contributed by atoms with Crippen LogP contribution in [-0.2, 0) is 28.9 Å². The van der Waals surface area contributed by atoms with Crippen LogP contribution in [0.2, 0.25) is 0 Å². The first kappa shape index (κ1) is 18.7. The van der Waals surface area contributed by atoms with E-state index in [4.69, 9.17) is 0 Å². The predicted octanol–water partition coefficient (Wildman–Crippen LogP) is 3.11. The van der Waals surface area contributed by atoms with E-state index in [9.17, 15) is 9.59 Å². The molecule has 0 saturated carbocycles. The van der Waals surface area contributed by atoms with Crippen LogP contribution in [0.3, 0.4) is 0 Å². The van der Waals surface area contributed by atoms with Gasteiger partial charge >= 0.3 is 0 Å². The molecule has 1 amide bonds. The molecule has 150 valence electrons. The second-order valence-electron chi connectivity index (χ2n) is 8.02. The summed E-state index contributed by atoms with van der Waals surface area (Å²) in [5, 5.41) is 3.26. The molecule has 1 saturated heterocycles. The van der Waals surface area contributed by atoms with Crippen molar-refractivity contribution in [2.45, 2.75) is 30.6 Å². The van der Waals surface area contributed by atoms with Crippen LogP contribution in [0.25, 0.3) is 0 Å². The fourth-order valence-electron chi connectivity index (χ4n) is 4.50. The number of fused-ring (bicyclic) bond motifs is 2. The molecule has 2 aromatic carbocycles. The number of benzene rings is 2. The molecule has 3 heterocycles. The van der Waals surface area contributed by atoms with Gasteiger partial charge < -0.3 is 10.2 Å². The van der Waals surface area contributed by atoms with Gasteiger partial charge in [-0.15, -0.1) is 0 Å². The number of rotatable bonds is 4. The molecule has 3 aliphatic heterocycles. The van der Waals surface area contributed by atoms with E-state index in [0.29, 0.717) is 12.8 Å². The largest absolute Gasteiger partial charge is 0.369 e. The highest BCUT2D eigenvalue weighted by Gasteiger charge is 2.26. The average Bonchev–Trinajstić information content (AvgIpc) is 3.12. The highest BCUT2D eigenvalue weighted by Crippen LogP contribution is 2.38. The Morgan fingerprint density at radius 1 is 1.00 bits per heavy atom. The summed E-state index contributed by atoms with van der Waals surface area (Å²) in [4.78, 5) is 29.5. The normalized spacial score (nSPS) is 19.1. The lowest BCUT2D eigenvalue weighted by molar-refractivity contribution is -0.116. The third kappa shape index (κ3) is 3.91. The molecule has 0 aliphatic carbocycles. The molecule has 29 heavy (non-hydrogen) atoms. The Morgan fingerprint density at radius 3 is 2.72 bits per heavy atom. The maximum atomic E-state index is 11.8. The van der Waals surface area contributed by atoms with E-state index in [1.807, 2.05) is 0 Å². The van der Waals surface area contributed by atoms with Gasteiger partial charge in [0.15, 0.2) is 5.12 Å². The zero-order valence-electron chi connectivity index (χ0n) is 16.4. The summed E-state index contributed by atoms with van der Waals surface area (Å²) in [5.41, 5.74) is 5.98. The van der Waals surface area contributed by atoms with Crippen molar-refractivity contribution < 1.29 is 9.59 Å². The van der Waals surface area contributed by atoms with Crippen LogP contribution < -0.4 is 10.2 Å². The number of anilines is 2. The maximum absolute atomic E-state index is 11.8. The molecule has 1 N–H and O–H groups in total. The SMILES string of the molecule is O=C1CCc2ccc(CCN3CCN(c4cccc5c4CC(=O)S5)CC3)cc2N1. The second kappa shape index (κ2) is 7.84. The Hall–Kier alpha value is -2.31. The minimum Gasteiger partial charge on any atom is -0.369 e. The highest BCUT2D eigenvalue weighted by atomic mass is 32.2. The zero-order chi connectivity index (χ0) is 19.8. The molecule has 0 spiro atoms. The van der Waals surface area contributed by atoms with Crippen LogP contribution in [0.15, 0.2) is 41.3 Å². The van der Waals surface area contributed by atoms with Crippen molar-refractivity contribution in [2.75, 3.05) is 42.9 Å². The summed E-state index contributed by atoms with van der Waals surface area (Å²) in [6.07, 6.45) is 2.99. The summed E-state index contributed by atoms with van der Waals surface area (Å²) in [6.45, 7) is 5.09. The van der Waals surface area contributed by atoms with Gasteiger partial charge in [0, 0.05) is 61.8 Å². The van der Waals surface area contributed by atoms with Crippen LogP contribution in [-0.4, -0.2) is 48.6 Å². The number of nitrogens with zero attached hydrogens (tertiary/aromatic N) is 2. The van der Waals surface area contributed by atoms with E-state index < -0.39 is 0 Å². The van der Waals surface area contributed by atoms with Crippen molar-refractivity contribution in [3.8, 4) is 0 Å². The first-order valence-electron chi connectivity index (χ1n) is 10.4. The Bertz CT molecular complexity index is 967. The number of piperazine rings is 1. The van der Waals surface area contributed by atoms with Crippen molar-refractivity contribution in [2.24, 2.45) is 0 Å². The van der Waals surface area contributed by atoms with E-state index >= 15 is 0 Å². The number of hydrogen-bond acceptors (Lipinski definition) is 5. The van der Waals surface area contributed by atoms with Crippen LogP contribution in [0, 0.1) is 0 Å². The third-order valence-electron chi connectivity index (χ3n) is 6.15. The van der Waals surface area contributed by atoms with Crippen LogP contribution >= 0.6 is 11.8 Å². The Labute approximate surface area is 175 Å². The van der Waals surface area contributed by atoms with Crippen molar-refractivity contribution in [1.29, 1.82) is 0 Å². The summed E-state index contributed by atoms with van der Waals surface area (Å²) >= 11 is 1.38. The zero-order valence-corrected chi connectivity index (χ0v) is 17.3. The summed E-state index contributed by atoms with van der Waals surface area (Å²) in [5.74, 6) is 0.123. The maximum Gasteiger partial charge on any atom is 0.224 e. The van der Waals surface area contributed by atoms with Gasteiger partial charge in [-0.2, -0.15) is 0 Å². The van der Waals surface area contributed by atoms with Crippen LogP contribution in [0.5, 0.6) is 0 Å². The standard InChI is InChI=1S/C23H25N3O2S/c27-22-7-6-17-5-4-16(14-19(17)24-22)8-9-25-10-12-26(13-11-25)20-2-1-3-21-18(20)15-23(28)29-21/h1-5,14H,6-13,15H2,(H,24,27). The Morgan fingerprint density at radius 2 is 1.86 bits per heavy atom. The van der Waals surface area contributed by atoms with Gasteiger partial charge in [0.05, 0.1) is 0 Å². The highest BCUT2D eigenvalue weighted by molar-refractivity contribution is 8.14. The van der Waals surface area contributed by atoms with Crippen molar-refractivity contribution in [3.05, 3.63) is 53.1 Å². The minimum absolute atomic E-state index is 0.123. The van der Waals surface area contributed by atoms with Gasteiger partial charge in [-0.25, -0.2) is 0 Å². The Balaban J connectivity index is 1.17. The van der Waals surface area contributed by atoms with Gasteiger partial charge in [-0.1, -0.05) is 30.0 Å². The molecule has 3 aliphatic rings. The molecule has 1 fully saturated rings. The first-order chi connectivity index (χ1) is 14.2. The number of amides is 1. The number of hydrogen-bond donors (Lipinski definition) is 1. The monoisotopic (exact) mass is 407 g/mol. The quantitative estimate of drug-likeness (QED) is 0.844. The van der Waals surface area contributed by atoms with E-state index in [0.717, 1.165) is 56.1 Å². The third-order valence-corrected chi connectivity index (χ3v) is 7.13. The van der Waals surface area contributed by atoms with Gasteiger partial charge in [0.2, 0.25) is 5.91 Å². The lowest BCUT2D eigenvalue weighted by Gasteiger charge is -2.37. The topological polar surface area (TPSA) is 52.7 Å². The molecule has 0 unspecified atom stereocenters. The number of thioether (sulfide) groups is 1. The molecule has 6 heteroatoms. The number of carbonyl (C=O) groups is 2. The molecule has 2 aromatic rings. The van der Waals surface area contributed by atoms with Crippen LogP contribution in [0.4, 0.5) is 11.4 Å². The van der Waals surface area contributed by atoms with E-state index in [1.165, 1.54) is 34.1 Å². The Kier molecular flexibility index (Phi) is 5.06. The fourth-order valence-corrected chi connectivity index (χ4v) is 5.41. The van der Waals surface area contributed by atoms with E-state index in [2.05, 4.69) is 51.5 Å². The lowest BCUT2D eigenvalue weighted by atomic mass is 9.99. The van der Waals surface area contributed by atoms with Crippen molar-refractivity contribution >= 4 is 34.2 Å². The summed E-state index contributed by atoms with van der Waals surface area (Å²) in [7, 11) is 0. The summed E-state index contributed by atoms with van der Waals surface area (Å²) in [6, 6.07) is 12.8. The molecule has 0 atom stereocenters. The number of aryl methyl sites for hydroxylation is 1. The first-order valence-corrected chi connectivity index (χ1v) is 11.2. The van der Waals surface area contributed by atoms with Gasteiger partial charge in [0.25, 0.3) is 0 Å².